The number of ether oxygens (including phenoxy) is 3. The van der Waals surface area contributed by atoms with E-state index in [9.17, 15) is 19.7 Å². The normalized spacial score (nSPS) is 15.4. The third-order valence-electron chi connectivity index (χ3n) is 5.09. The molecule has 10 heteroatoms. The maximum Gasteiger partial charge on any atom is 0.338 e. The lowest BCUT2D eigenvalue weighted by Crippen LogP contribution is -2.45. The van der Waals surface area contributed by atoms with Gasteiger partial charge in [0.2, 0.25) is 5.75 Å². The summed E-state index contributed by atoms with van der Waals surface area (Å²) in [4.78, 5) is 36.6. The van der Waals surface area contributed by atoms with E-state index in [0.29, 0.717) is 12.0 Å². The molecule has 1 unspecified atom stereocenters. The lowest BCUT2D eigenvalue weighted by Gasteiger charge is -2.29. The number of hydrogen-bond donors (Lipinski definition) is 2. The van der Waals surface area contributed by atoms with Gasteiger partial charge in [-0.1, -0.05) is 43.7 Å². The number of hydrogen-bond acceptors (Lipinski definition) is 7. The van der Waals surface area contributed by atoms with Crippen LogP contribution in [0.25, 0.3) is 5.70 Å². The van der Waals surface area contributed by atoms with Crippen LogP contribution >= 0.6 is 0 Å². The molecule has 2 aromatic rings. The highest BCUT2D eigenvalue weighted by atomic mass is 16.6. The van der Waals surface area contributed by atoms with Crippen LogP contribution in [0.15, 0.2) is 48.0 Å². The SMILES string of the molecule is CCCCOc1c(OC)cc(C2NC(=O)NC(c3ccccc3)=C2C(=O)OC)cc1[N+](=O)[O-]. The van der Waals surface area contributed by atoms with Crippen molar-refractivity contribution in [1.82, 2.24) is 10.6 Å². The summed E-state index contributed by atoms with van der Waals surface area (Å²) in [6, 6.07) is 9.96. The van der Waals surface area contributed by atoms with Gasteiger partial charge in [-0.2, -0.15) is 0 Å². The molecule has 0 fully saturated rings. The minimum absolute atomic E-state index is 0.00755. The third-order valence-corrected chi connectivity index (χ3v) is 5.09. The Bertz CT molecular complexity index is 1080. The molecule has 0 spiro atoms. The zero-order chi connectivity index (χ0) is 24.0. The molecular weight excluding hydrogens is 430 g/mol. The highest BCUT2D eigenvalue weighted by Crippen LogP contribution is 2.42. The quantitative estimate of drug-likeness (QED) is 0.255. The van der Waals surface area contributed by atoms with Gasteiger partial charge < -0.3 is 24.8 Å². The molecule has 0 bridgehead atoms. The maximum atomic E-state index is 12.8. The Morgan fingerprint density at radius 3 is 2.52 bits per heavy atom. The molecule has 2 amide bonds. The Morgan fingerprint density at radius 2 is 1.91 bits per heavy atom. The van der Waals surface area contributed by atoms with Crippen molar-refractivity contribution < 1.29 is 28.7 Å². The minimum Gasteiger partial charge on any atom is -0.493 e. The summed E-state index contributed by atoms with van der Waals surface area (Å²) >= 11 is 0. The van der Waals surface area contributed by atoms with Crippen molar-refractivity contribution in [3.05, 3.63) is 69.3 Å². The second-order valence-electron chi connectivity index (χ2n) is 7.21. The van der Waals surface area contributed by atoms with E-state index in [4.69, 9.17) is 14.2 Å². The lowest BCUT2D eigenvalue weighted by atomic mass is 9.92. The fraction of sp³-hybridized carbons (Fsp3) is 0.304. The lowest BCUT2D eigenvalue weighted by molar-refractivity contribution is -0.386. The van der Waals surface area contributed by atoms with Crippen molar-refractivity contribution in [1.29, 1.82) is 0 Å². The summed E-state index contributed by atoms with van der Waals surface area (Å²) in [5, 5.41) is 17.2. The fourth-order valence-electron chi connectivity index (χ4n) is 3.50. The number of urea groups is 1. The molecular formula is C23H25N3O7. The summed E-state index contributed by atoms with van der Waals surface area (Å²) < 4.78 is 16.0. The molecule has 0 radical (unpaired) electrons. The first-order chi connectivity index (χ1) is 15.9. The summed E-state index contributed by atoms with van der Waals surface area (Å²) in [6.45, 7) is 2.26. The zero-order valence-electron chi connectivity index (χ0n) is 18.5. The highest BCUT2D eigenvalue weighted by Gasteiger charge is 2.36. The second-order valence-corrected chi connectivity index (χ2v) is 7.21. The van der Waals surface area contributed by atoms with E-state index in [-0.39, 0.29) is 40.6 Å². The molecule has 0 saturated heterocycles. The zero-order valence-corrected chi connectivity index (χ0v) is 18.5. The first-order valence-electron chi connectivity index (χ1n) is 10.4. The fourth-order valence-corrected chi connectivity index (χ4v) is 3.50. The first-order valence-corrected chi connectivity index (χ1v) is 10.4. The molecule has 1 heterocycles. The van der Waals surface area contributed by atoms with Gasteiger partial charge in [0.15, 0.2) is 5.75 Å². The largest absolute Gasteiger partial charge is 0.493 e. The van der Waals surface area contributed by atoms with E-state index >= 15 is 0 Å². The molecule has 0 aliphatic carbocycles. The van der Waals surface area contributed by atoms with E-state index < -0.39 is 23.0 Å². The van der Waals surface area contributed by atoms with Crippen molar-refractivity contribution in [2.45, 2.75) is 25.8 Å². The van der Waals surface area contributed by atoms with E-state index in [1.807, 2.05) is 6.92 Å². The summed E-state index contributed by atoms with van der Waals surface area (Å²) in [5.41, 5.74) is 0.864. The van der Waals surface area contributed by atoms with Gasteiger partial charge in [-0.3, -0.25) is 10.1 Å². The monoisotopic (exact) mass is 455 g/mol. The van der Waals surface area contributed by atoms with Crippen LogP contribution in [0.2, 0.25) is 0 Å². The van der Waals surface area contributed by atoms with E-state index in [2.05, 4.69) is 10.6 Å². The Hall–Kier alpha value is -4.08. The number of carbonyl (C=O) groups excluding carboxylic acids is 2. The number of benzene rings is 2. The molecule has 1 aliphatic rings. The van der Waals surface area contributed by atoms with Crippen molar-refractivity contribution in [3.63, 3.8) is 0 Å². The number of nitro benzene ring substituents is 1. The second kappa shape index (κ2) is 10.5. The van der Waals surface area contributed by atoms with Crippen molar-refractivity contribution in [2.75, 3.05) is 20.8 Å². The number of nitro groups is 1. The molecule has 1 aliphatic heterocycles. The molecule has 3 rings (SSSR count). The van der Waals surface area contributed by atoms with Crippen LogP contribution in [0.5, 0.6) is 11.5 Å². The standard InChI is InChI=1S/C23H25N3O7/c1-4-5-11-33-21-16(26(29)30)12-15(13-17(21)31-2)20-18(22(27)32-3)19(24-23(28)25-20)14-9-7-6-8-10-14/h6-10,12-13,20H,4-5,11H2,1-3H3,(H2,24,25,28). The number of nitrogens with one attached hydrogen (secondary N) is 2. The number of methoxy groups -OCH3 is 2. The van der Waals surface area contributed by atoms with Crippen LogP contribution in [0.4, 0.5) is 10.5 Å². The molecule has 0 aromatic heterocycles. The van der Waals surface area contributed by atoms with Crippen molar-refractivity contribution >= 4 is 23.4 Å². The van der Waals surface area contributed by atoms with Gasteiger partial charge in [-0.25, -0.2) is 9.59 Å². The average Bonchev–Trinajstić information content (AvgIpc) is 2.83. The molecule has 174 valence electrons. The number of nitrogens with zero attached hydrogens (tertiary/aromatic N) is 1. The molecule has 0 saturated carbocycles. The molecule has 33 heavy (non-hydrogen) atoms. The molecule has 1 atom stereocenters. The predicted molar refractivity (Wildman–Crippen MR) is 120 cm³/mol. The van der Waals surface area contributed by atoms with Crippen LogP contribution in [-0.2, 0) is 9.53 Å². The van der Waals surface area contributed by atoms with E-state index in [0.717, 1.165) is 6.42 Å². The van der Waals surface area contributed by atoms with Crippen LogP contribution < -0.4 is 20.1 Å². The first kappa shape index (κ1) is 23.6. The Labute approximate surface area is 190 Å². The summed E-state index contributed by atoms with van der Waals surface area (Å²) in [5.74, 6) is -0.586. The Morgan fingerprint density at radius 1 is 1.18 bits per heavy atom. The van der Waals surface area contributed by atoms with Crippen LogP contribution in [0.3, 0.4) is 0 Å². The van der Waals surface area contributed by atoms with Gasteiger partial charge in [0.1, 0.15) is 0 Å². The van der Waals surface area contributed by atoms with Gasteiger partial charge in [0.25, 0.3) is 0 Å². The Balaban J connectivity index is 2.20. The smallest absolute Gasteiger partial charge is 0.338 e. The van der Waals surface area contributed by atoms with E-state index in [1.54, 1.807) is 30.3 Å². The van der Waals surface area contributed by atoms with Crippen LogP contribution in [0.1, 0.15) is 36.9 Å². The van der Waals surface area contributed by atoms with Gasteiger partial charge in [-0.15, -0.1) is 0 Å². The van der Waals surface area contributed by atoms with Gasteiger partial charge in [0, 0.05) is 6.07 Å². The maximum absolute atomic E-state index is 12.8. The minimum atomic E-state index is -1.03. The van der Waals surface area contributed by atoms with Gasteiger partial charge in [0.05, 0.1) is 43.1 Å². The van der Waals surface area contributed by atoms with Gasteiger partial charge >= 0.3 is 17.7 Å². The third kappa shape index (κ3) is 5.05. The number of amides is 2. The predicted octanol–water partition coefficient (Wildman–Crippen LogP) is 3.72. The van der Waals surface area contributed by atoms with Crippen molar-refractivity contribution in [2.24, 2.45) is 0 Å². The topological polar surface area (TPSA) is 129 Å². The number of carbonyl (C=O) groups is 2. The number of esters is 1. The molecule has 2 aromatic carbocycles. The van der Waals surface area contributed by atoms with Gasteiger partial charge in [-0.05, 0) is 23.6 Å². The number of rotatable bonds is 9. The van der Waals surface area contributed by atoms with Crippen LogP contribution in [-0.4, -0.2) is 37.8 Å². The molecule has 10 nitrogen and oxygen atoms in total. The van der Waals surface area contributed by atoms with Crippen molar-refractivity contribution in [3.8, 4) is 11.5 Å². The molecule has 2 N–H and O–H groups in total. The Kier molecular flexibility index (Phi) is 7.50. The number of unbranched alkanes of at least 4 members (excludes halogenated alkanes) is 1. The van der Waals surface area contributed by atoms with E-state index in [1.165, 1.54) is 26.4 Å². The highest BCUT2D eigenvalue weighted by molar-refractivity contribution is 6.04. The van der Waals surface area contributed by atoms with Crippen LogP contribution in [0, 0.1) is 10.1 Å². The summed E-state index contributed by atoms with van der Waals surface area (Å²) in [7, 11) is 2.59. The average molecular weight is 455 g/mol. The summed E-state index contributed by atoms with van der Waals surface area (Å²) in [6.07, 6.45) is 1.56.